The van der Waals surface area contributed by atoms with E-state index in [-0.39, 0.29) is 46.6 Å². The van der Waals surface area contributed by atoms with Gasteiger partial charge < -0.3 is 15.2 Å². The number of hydrogen-bond donors (Lipinski definition) is 1. The van der Waals surface area contributed by atoms with Crippen molar-refractivity contribution in [3.63, 3.8) is 0 Å². The van der Waals surface area contributed by atoms with Crippen molar-refractivity contribution in [1.29, 1.82) is 0 Å². The summed E-state index contributed by atoms with van der Waals surface area (Å²) in [5.74, 6) is -1.09. The van der Waals surface area contributed by atoms with E-state index in [1.165, 1.54) is 12.4 Å². The van der Waals surface area contributed by atoms with Crippen molar-refractivity contribution in [2.24, 2.45) is 0 Å². The Balaban J connectivity index is 0.00000196. The van der Waals surface area contributed by atoms with E-state index >= 15 is 0 Å². The first-order valence-corrected chi connectivity index (χ1v) is 4.21. The molecule has 0 aliphatic rings. The molecule has 15 heavy (non-hydrogen) atoms. The van der Waals surface area contributed by atoms with Crippen LogP contribution in [0.4, 0.5) is 5.82 Å². The van der Waals surface area contributed by atoms with Gasteiger partial charge in [0.25, 0.3) is 0 Å². The van der Waals surface area contributed by atoms with E-state index in [0.717, 1.165) is 0 Å². The second kappa shape index (κ2) is 5.44. The topological polar surface area (TPSA) is 77.9 Å². The summed E-state index contributed by atoms with van der Waals surface area (Å²) in [5, 5.41) is 13.6. The smallest absolute Gasteiger partial charge is 0.543 e. The maximum absolute atomic E-state index is 10.7. The maximum atomic E-state index is 10.7. The molecule has 1 aromatic heterocycles. The van der Waals surface area contributed by atoms with Crippen LogP contribution < -0.4 is 40.0 Å². The van der Waals surface area contributed by atoms with Gasteiger partial charge in [0, 0.05) is 17.9 Å². The molecular formula is C9H12N3NaO2. The average Bonchev–Trinajstić information content (AvgIpc) is 2.01. The first kappa shape index (κ1) is 14.3. The van der Waals surface area contributed by atoms with Gasteiger partial charge in [-0.15, -0.1) is 0 Å². The van der Waals surface area contributed by atoms with Gasteiger partial charge in [-0.2, -0.15) is 0 Å². The predicted octanol–water partition coefficient (Wildman–Crippen LogP) is -2.95. The van der Waals surface area contributed by atoms with Crippen molar-refractivity contribution in [2.45, 2.75) is 26.3 Å². The number of carbonyl (C=O) groups excluding carboxylic acids is 1. The molecule has 6 heteroatoms. The Hall–Kier alpha value is -0.650. The molecule has 1 rings (SSSR count). The minimum Gasteiger partial charge on any atom is -0.543 e. The number of nitrogens with one attached hydrogen (secondary N) is 1. The average molecular weight is 217 g/mol. The molecule has 0 aromatic carbocycles. The standard InChI is InChI=1S/C9H13N3O2.Na/c1-9(2,3)12-7-6(8(13)14)10-4-5-11-7;/h4-5H,1-3H3,(H,11,12)(H,13,14);/q;+1/p-1. The minimum absolute atomic E-state index is 0. The van der Waals surface area contributed by atoms with Gasteiger partial charge in [-0.3, -0.25) is 0 Å². The SMILES string of the molecule is CC(C)(C)Nc1nccnc1C(=O)[O-].[Na+]. The second-order valence-corrected chi connectivity index (χ2v) is 3.92. The van der Waals surface area contributed by atoms with Crippen LogP contribution >= 0.6 is 0 Å². The molecule has 0 fully saturated rings. The van der Waals surface area contributed by atoms with Crippen molar-refractivity contribution in [1.82, 2.24) is 9.97 Å². The summed E-state index contributed by atoms with van der Waals surface area (Å²) in [5.41, 5.74) is -0.428. The van der Waals surface area contributed by atoms with Crippen LogP contribution in [0, 0.1) is 0 Å². The monoisotopic (exact) mass is 217 g/mol. The Bertz CT molecular complexity index is 349. The molecule has 0 atom stereocenters. The number of carboxylic acids is 1. The molecule has 0 saturated heterocycles. The molecular weight excluding hydrogens is 205 g/mol. The van der Waals surface area contributed by atoms with E-state index in [2.05, 4.69) is 15.3 Å². The number of carboxylic acid groups (broad SMARTS) is 1. The fraction of sp³-hybridized carbons (Fsp3) is 0.444. The predicted molar refractivity (Wildman–Crippen MR) is 49.7 cm³/mol. The zero-order valence-corrected chi connectivity index (χ0v) is 11.4. The van der Waals surface area contributed by atoms with Gasteiger partial charge in [0.2, 0.25) is 0 Å². The molecule has 1 heterocycles. The summed E-state index contributed by atoms with van der Waals surface area (Å²) in [4.78, 5) is 18.2. The van der Waals surface area contributed by atoms with E-state index in [1.807, 2.05) is 20.8 Å². The van der Waals surface area contributed by atoms with Crippen LogP contribution in [0.1, 0.15) is 31.3 Å². The van der Waals surface area contributed by atoms with E-state index in [4.69, 9.17) is 0 Å². The molecule has 0 spiro atoms. The van der Waals surface area contributed by atoms with E-state index in [9.17, 15) is 9.90 Å². The summed E-state index contributed by atoms with van der Waals surface area (Å²) in [7, 11) is 0. The van der Waals surface area contributed by atoms with Gasteiger partial charge in [0.1, 0.15) is 5.69 Å². The first-order valence-electron chi connectivity index (χ1n) is 4.21. The Labute approximate surface area is 111 Å². The first-order chi connectivity index (χ1) is 6.40. The molecule has 0 unspecified atom stereocenters. The Kier molecular flexibility index (Phi) is 5.20. The summed E-state index contributed by atoms with van der Waals surface area (Å²) in [6.45, 7) is 5.71. The number of anilines is 1. The van der Waals surface area contributed by atoms with Crippen molar-refractivity contribution in [3.8, 4) is 0 Å². The minimum atomic E-state index is -1.33. The van der Waals surface area contributed by atoms with Crippen molar-refractivity contribution >= 4 is 11.8 Å². The third kappa shape index (κ3) is 4.59. The van der Waals surface area contributed by atoms with Crippen molar-refractivity contribution in [2.75, 3.05) is 5.32 Å². The zero-order valence-electron chi connectivity index (χ0n) is 9.37. The van der Waals surface area contributed by atoms with Gasteiger partial charge in [0.05, 0.1) is 5.97 Å². The van der Waals surface area contributed by atoms with E-state index in [1.54, 1.807) is 0 Å². The molecule has 0 saturated carbocycles. The van der Waals surface area contributed by atoms with Crippen molar-refractivity contribution < 1.29 is 39.5 Å². The van der Waals surface area contributed by atoms with Crippen LogP contribution in [0.25, 0.3) is 0 Å². The number of aromatic nitrogens is 2. The van der Waals surface area contributed by atoms with Crippen LogP contribution in [0.5, 0.6) is 0 Å². The third-order valence-corrected chi connectivity index (χ3v) is 1.38. The molecule has 5 nitrogen and oxygen atoms in total. The summed E-state index contributed by atoms with van der Waals surface area (Å²) in [6, 6.07) is 0. The van der Waals surface area contributed by atoms with Gasteiger partial charge in [0.15, 0.2) is 5.82 Å². The molecule has 0 aliphatic carbocycles. The molecule has 1 N–H and O–H groups in total. The van der Waals surface area contributed by atoms with E-state index < -0.39 is 5.97 Å². The molecule has 0 aliphatic heterocycles. The summed E-state index contributed by atoms with van der Waals surface area (Å²) in [6.07, 6.45) is 2.75. The summed E-state index contributed by atoms with van der Waals surface area (Å²) >= 11 is 0. The third-order valence-electron chi connectivity index (χ3n) is 1.38. The number of hydrogen-bond acceptors (Lipinski definition) is 5. The fourth-order valence-electron chi connectivity index (χ4n) is 0.934. The number of nitrogens with zero attached hydrogens (tertiary/aromatic N) is 2. The van der Waals surface area contributed by atoms with Crippen LogP contribution in [-0.2, 0) is 0 Å². The molecule has 76 valence electrons. The van der Waals surface area contributed by atoms with Gasteiger partial charge >= 0.3 is 29.6 Å². The maximum Gasteiger partial charge on any atom is 1.00 e. The Morgan fingerprint density at radius 2 is 1.87 bits per heavy atom. The van der Waals surface area contributed by atoms with E-state index in [0.29, 0.717) is 0 Å². The molecule has 0 radical (unpaired) electrons. The van der Waals surface area contributed by atoms with Crippen LogP contribution in [0.3, 0.4) is 0 Å². The normalized spacial score (nSPS) is 10.3. The number of aromatic carboxylic acids is 1. The molecule has 0 amide bonds. The Morgan fingerprint density at radius 3 is 2.33 bits per heavy atom. The van der Waals surface area contributed by atoms with Crippen molar-refractivity contribution in [3.05, 3.63) is 18.1 Å². The second-order valence-electron chi connectivity index (χ2n) is 3.92. The Morgan fingerprint density at radius 1 is 1.33 bits per heavy atom. The van der Waals surface area contributed by atoms with Gasteiger partial charge in [-0.1, -0.05) is 0 Å². The van der Waals surface area contributed by atoms with Crippen LogP contribution in [0.15, 0.2) is 12.4 Å². The van der Waals surface area contributed by atoms with Gasteiger partial charge in [-0.05, 0) is 20.8 Å². The van der Waals surface area contributed by atoms with Gasteiger partial charge in [-0.25, -0.2) is 9.97 Å². The fourth-order valence-corrected chi connectivity index (χ4v) is 0.934. The quantitative estimate of drug-likeness (QED) is 0.536. The number of carbonyl (C=O) groups is 1. The summed E-state index contributed by atoms with van der Waals surface area (Å²) < 4.78 is 0. The zero-order chi connectivity index (χ0) is 10.8. The number of rotatable bonds is 2. The van der Waals surface area contributed by atoms with Crippen LogP contribution in [-0.4, -0.2) is 21.5 Å². The largest absolute Gasteiger partial charge is 1.00 e. The molecule has 1 aromatic rings. The van der Waals surface area contributed by atoms with Crippen LogP contribution in [0.2, 0.25) is 0 Å². The molecule has 0 bridgehead atoms.